The average molecular weight is 493 g/mol. The lowest BCUT2D eigenvalue weighted by Gasteiger charge is -2.17. The first-order valence-corrected chi connectivity index (χ1v) is 11.0. The molecular weight excluding hydrogens is 471 g/mol. The van der Waals surface area contributed by atoms with Crippen molar-refractivity contribution in [3.05, 3.63) is 108 Å². The van der Waals surface area contributed by atoms with Crippen LogP contribution in [0.1, 0.15) is 21.5 Å². The van der Waals surface area contributed by atoms with Gasteiger partial charge in [-0.3, -0.25) is 4.79 Å². The van der Waals surface area contributed by atoms with E-state index in [0.717, 1.165) is 11.1 Å². The Labute approximate surface area is 206 Å². The zero-order valence-corrected chi connectivity index (χ0v) is 19.1. The number of ether oxygens (including phenoxy) is 3. The lowest BCUT2D eigenvalue weighted by Crippen LogP contribution is -2.19. The Morgan fingerprint density at radius 1 is 0.722 bits per heavy atom. The highest BCUT2D eigenvalue weighted by molar-refractivity contribution is 5.83. The number of hydrogen-bond donors (Lipinski definition) is 0. The second-order valence-electron chi connectivity index (χ2n) is 7.83. The van der Waals surface area contributed by atoms with E-state index in [1.165, 1.54) is 18.2 Å². The molecule has 36 heavy (non-hydrogen) atoms. The van der Waals surface area contributed by atoms with E-state index in [4.69, 9.17) is 14.2 Å². The molecule has 0 N–H and O–H groups in total. The minimum atomic E-state index is -4.53. The molecule has 4 aromatic rings. The van der Waals surface area contributed by atoms with Gasteiger partial charge in [0.25, 0.3) is 0 Å². The van der Waals surface area contributed by atoms with Crippen molar-refractivity contribution in [2.75, 3.05) is 6.61 Å². The topological polar surface area (TPSA) is 57.7 Å². The predicted molar refractivity (Wildman–Crippen MR) is 128 cm³/mol. The maximum absolute atomic E-state index is 12.9. The van der Waals surface area contributed by atoms with E-state index in [1.54, 1.807) is 12.1 Å². The number of aromatic nitrogens is 1. The van der Waals surface area contributed by atoms with Gasteiger partial charge in [-0.05, 0) is 35.4 Å². The van der Waals surface area contributed by atoms with Gasteiger partial charge in [0.1, 0.15) is 25.2 Å². The number of carbonyl (C=O) groups excluding carboxylic acids is 1. The molecule has 184 valence electrons. The largest absolute Gasteiger partial charge is 0.483 e. The third-order valence-corrected chi connectivity index (χ3v) is 5.10. The van der Waals surface area contributed by atoms with E-state index in [-0.39, 0.29) is 41.9 Å². The number of aldehydes is 1. The lowest BCUT2D eigenvalue weighted by molar-refractivity contribution is -0.153. The van der Waals surface area contributed by atoms with Crippen LogP contribution in [0, 0.1) is 0 Å². The second kappa shape index (κ2) is 11.4. The van der Waals surface area contributed by atoms with Crippen LogP contribution in [0.25, 0.3) is 11.1 Å². The van der Waals surface area contributed by atoms with Gasteiger partial charge in [0.15, 0.2) is 6.61 Å². The van der Waals surface area contributed by atoms with Gasteiger partial charge in [0.2, 0.25) is 11.8 Å². The van der Waals surface area contributed by atoms with Crippen LogP contribution in [-0.4, -0.2) is 24.1 Å². The maximum atomic E-state index is 12.9. The van der Waals surface area contributed by atoms with Crippen molar-refractivity contribution in [3.8, 4) is 28.6 Å². The summed E-state index contributed by atoms with van der Waals surface area (Å²) in [5.41, 5.74) is 2.68. The fourth-order valence-electron chi connectivity index (χ4n) is 3.39. The maximum Gasteiger partial charge on any atom is 0.422 e. The van der Waals surface area contributed by atoms with Crippen molar-refractivity contribution in [3.63, 3.8) is 0 Å². The summed E-state index contributed by atoms with van der Waals surface area (Å²) in [6, 6.07) is 26.2. The number of pyridine rings is 1. The Bertz CT molecular complexity index is 1300. The van der Waals surface area contributed by atoms with Gasteiger partial charge < -0.3 is 14.2 Å². The van der Waals surface area contributed by atoms with Crippen molar-refractivity contribution in [2.24, 2.45) is 0 Å². The zero-order valence-electron chi connectivity index (χ0n) is 19.1. The van der Waals surface area contributed by atoms with E-state index in [0.29, 0.717) is 11.8 Å². The molecule has 3 aromatic carbocycles. The van der Waals surface area contributed by atoms with Crippen molar-refractivity contribution in [1.82, 2.24) is 4.98 Å². The third-order valence-electron chi connectivity index (χ3n) is 5.10. The van der Waals surface area contributed by atoms with Gasteiger partial charge in [-0.1, -0.05) is 60.7 Å². The minimum Gasteiger partial charge on any atom is -0.483 e. The molecule has 8 heteroatoms. The van der Waals surface area contributed by atoms with Crippen LogP contribution >= 0.6 is 0 Å². The first-order valence-electron chi connectivity index (χ1n) is 11.0. The molecule has 0 unspecified atom stereocenters. The summed E-state index contributed by atoms with van der Waals surface area (Å²) in [4.78, 5) is 15.9. The smallest absolute Gasteiger partial charge is 0.422 e. The summed E-state index contributed by atoms with van der Waals surface area (Å²) >= 11 is 0. The normalized spacial score (nSPS) is 11.1. The molecule has 1 heterocycles. The molecule has 0 bridgehead atoms. The summed E-state index contributed by atoms with van der Waals surface area (Å²) in [6.07, 6.45) is -3.92. The molecule has 0 spiro atoms. The number of rotatable bonds is 10. The Morgan fingerprint density at radius 3 is 1.97 bits per heavy atom. The number of alkyl halides is 3. The van der Waals surface area contributed by atoms with E-state index in [9.17, 15) is 18.0 Å². The minimum absolute atomic E-state index is 0.0535. The van der Waals surface area contributed by atoms with Crippen molar-refractivity contribution >= 4 is 6.29 Å². The molecule has 0 amide bonds. The predicted octanol–water partition coefficient (Wildman–Crippen LogP) is 6.66. The van der Waals surface area contributed by atoms with Crippen LogP contribution in [0.5, 0.6) is 17.5 Å². The quantitative estimate of drug-likeness (QED) is 0.231. The molecule has 0 atom stereocenters. The highest BCUT2D eigenvalue weighted by Gasteiger charge is 2.29. The molecular formula is C28H22F3NO4. The van der Waals surface area contributed by atoms with Crippen LogP contribution < -0.4 is 14.2 Å². The molecule has 4 rings (SSSR count). The van der Waals surface area contributed by atoms with Gasteiger partial charge in [0, 0.05) is 22.8 Å². The molecule has 0 aliphatic heterocycles. The standard InChI is InChI=1S/C28H22F3NO4/c29-28(30,31)19-36-25-13-11-22(16-33)15-24(25)23-12-14-26(34-17-20-7-3-1-4-8-20)32-27(23)35-18-21-9-5-2-6-10-21/h1-16H,17-19H2. The van der Waals surface area contributed by atoms with Gasteiger partial charge >= 0.3 is 6.18 Å². The molecule has 0 aliphatic carbocycles. The SMILES string of the molecule is O=Cc1ccc(OCC(F)(F)F)c(-c2ccc(OCc3ccccc3)nc2OCc2ccccc2)c1. The Kier molecular flexibility index (Phi) is 7.85. The number of benzene rings is 3. The van der Waals surface area contributed by atoms with Gasteiger partial charge in [-0.2, -0.15) is 18.2 Å². The Morgan fingerprint density at radius 2 is 1.36 bits per heavy atom. The first kappa shape index (κ1) is 24.8. The summed E-state index contributed by atoms with van der Waals surface area (Å²) < 4.78 is 55.4. The molecule has 0 saturated heterocycles. The molecule has 0 saturated carbocycles. The Balaban J connectivity index is 1.69. The molecule has 1 aromatic heterocycles. The van der Waals surface area contributed by atoms with E-state index in [1.807, 2.05) is 60.7 Å². The highest BCUT2D eigenvalue weighted by Crippen LogP contribution is 2.38. The van der Waals surface area contributed by atoms with Crippen LogP contribution in [0.15, 0.2) is 91.0 Å². The van der Waals surface area contributed by atoms with Crippen molar-refractivity contribution in [2.45, 2.75) is 19.4 Å². The summed E-state index contributed by atoms with van der Waals surface area (Å²) in [5.74, 6) is 0.349. The first-order chi connectivity index (χ1) is 17.4. The van der Waals surface area contributed by atoms with Crippen LogP contribution in [-0.2, 0) is 13.2 Å². The third kappa shape index (κ3) is 6.85. The lowest BCUT2D eigenvalue weighted by atomic mass is 10.0. The van der Waals surface area contributed by atoms with Gasteiger partial charge in [-0.15, -0.1) is 0 Å². The number of halogens is 3. The van der Waals surface area contributed by atoms with E-state index < -0.39 is 12.8 Å². The fourth-order valence-corrected chi connectivity index (χ4v) is 3.39. The summed E-state index contributed by atoms with van der Waals surface area (Å²) in [6.45, 7) is -1.05. The van der Waals surface area contributed by atoms with Gasteiger partial charge in [0.05, 0.1) is 0 Å². The van der Waals surface area contributed by atoms with Crippen LogP contribution in [0.3, 0.4) is 0 Å². The van der Waals surface area contributed by atoms with E-state index >= 15 is 0 Å². The van der Waals surface area contributed by atoms with Crippen molar-refractivity contribution < 1.29 is 32.2 Å². The molecule has 0 aliphatic rings. The van der Waals surface area contributed by atoms with Crippen molar-refractivity contribution in [1.29, 1.82) is 0 Å². The molecule has 5 nitrogen and oxygen atoms in total. The number of carbonyl (C=O) groups is 1. The average Bonchev–Trinajstić information content (AvgIpc) is 2.90. The number of nitrogens with zero attached hydrogens (tertiary/aromatic N) is 1. The monoisotopic (exact) mass is 493 g/mol. The van der Waals surface area contributed by atoms with Crippen LogP contribution in [0.2, 0.25) is 0 Å². The number of hydrogen-bond acceptors (Lipinski definition) is 5. The molecule has 0 radical (unpaired) electrons. The second-order valence-corrected chi connectivity index (χ2v) is 7.83. The summed E-state index contributed by atoms with van der Waals surface area (Å²) in [7, 11) is 0. The highest BCUT2D eigenvalue weighted by atomic mass is 19.4. The fraction of sp³-hybridized carbons (Fsp3) is 0.143. The van der Waals surface area contributed by atoms with Crippen LogP contribution in [0.4, 0.5) is 13.2 Å². The zero-order chi connectivity index (χ0) is 25.4. The van der Waals surface area contributed by atoms with Gasteiger partial charge in [-0.25, -0.2) is 0 Å². The van der Waals surface area contributed by atoms with E-state index in [2.05, 4.69) is 4.98 Å². The Hall–Kier alpha value is -4.33. The summed E-state index contributed by atoms with van der Waals surface area (Å²) in [5, 5.41) is 0. The molecule has 0 fully saturated rings.